The molecule has 0 aromatic carbocycles. The molecule has 6 heteroatoms. The van der Waals surface area contributed by atoms with E-state index in [0.29, 0.717) is 19.3 Å². The molecule has 0 amide bonds. The third kappa shape index (κ3) is 50.9. The summed E-state index contributed by atoms with van der Waals surface area (Å²) < 4.78 is 16.8. The molecular weight excluding hydrogens is 793 g/mol. The summed E-state index contributed by atoms with van der Waals surface area (Å²) in [5.74, 6) is -0.877. The third-order valence-corrected chi connectivity index (χ3v) is 12.7. The predicted molar refractivity (Wildman–Crippen MR) is 275 cm³/mol. The number of carbonyl (C=O) groups is 3. The summed E-state index contributed by atoms with van der Waals surface area (Å²) in [4.78, 5) is 38.1. The first kappa shape index (κ1) is 61.9. The lowest BCUT2D eigenvalue weighted by Crippen LogP contribution is -2.30. The molecule has 1 atom stereocenters. The first-order chi connectivity index (χ1) is 31.5. The zero-order valence-electron chi connectivity index (χ0n) is 43.1. The fourth-order valence-electron chi connectivity index (χ4n) is 8.37. The molecule has 6 nitrogen and oxygen atoms in total. The molecule has 0 aromatic heterocycles. The average Bonchev–Trinajstić information content (AvgIpc) is 3.29. The van der Waals surface area contributed by atoms with Gasteiger partial charge in [-0.1, -0.05) is 244 Å². The van der Waals surface area contributed by atoms with Gasteiger partial charge in [-0.2, -0.15) is 0 Å². The maximum atomic E-state index is 12.8. The fourth-order valence-corrected chi connectivity index (χ4v) is 8.37. The molecule has 376 valence electrons. The lowest BCUT2D eigenvalue weighted by Gasteiger charge is -2.18. The molecule has 0 aliphatic heterocycles. The average molecular weight is 901 g/mol. The molecule has 0 aliphatic rings. The van der Waals surface area contributed by atoms with Crippen molar-refractivity contribution < 1.29 is 28.6 Å². The summed E-state index contributed by atoms with van der Waals surface area (Å²) in [7, 11) is 0. The smallest absolute Gasteiger partial charge is 0.306 e. The van der Waals surface area contributed by atoms with Crippen LogP contribution < -0.4 is 0 Å². The van der Waals surface area contributed by atoms with E-state index in [1.54, 1.807) is 0 Å². The minimum atomic E-state index is -0.774. The van der Waals surface area contributed by atoms with Crippen molar-refractivity contribution in [3.8, 4) is 0 Å². The Bertz CT molecular complexity index is 1040. The van der Waals surface area contributed by atoms with Gasteiger partial charge in [-0.25, -0.2) is 0 Å². The Morgan fingerprint density at radius 2 is 0.516 bits per heavy atom. The van der Waals surface area contributed by atoms with Crippen LogP contribution in [-0.4, -0.2) is 37.2 Å². The van der Waals surface area contributed by atoms with Crippen molar-refractivity contribution in [1.82, 2.24) is 0 Å². The number of allylic oxidation sites excluding steroid dienone is 4. The van der Waals surface area contributed by atoms with E-state index in [4.69, 9.17) is 14.2 Å². The van der Waals surface area contributed by atoms with Gasteiger partial charge >= 0.3 is 17.9 Å². The van der Waals surface area contributed by atoms with Crippen LogP contribution in [0.4, 0.5) is 0 Å². The molecule has 0 aromatic rings. The van der Waals surface area contributed by atoms with Gasteiger partial charge in [0, 0.05) is 19.3 Å². The highest BCUT2D eigenvalue weighted by Crippen LogP contribution is 2.16. The highest BCUT2D eigenvalue weighted by atomic mass is 16.6. The van der Waals surface area contributed by atoms with Crippen molar-refractivity contribution in [3.63, 3.8) is 0 Å². The molecule has 1 unspecified atom stereocenters. The normalized spacial score (nSPS) is 12.1. The van der Waals surface area contributed by atoms with Gasteiger partial charge in [-0.15, -0.1) is 0 Å². The molecule has 0 aliphatic carbocycles. The van der Waals surface area contributed by atoms with Gasteiger partial charge in [-0.3, -0.25) is 14.4 Å². The van der Waals surface area contributed by atoms with E-state index in [0.717, 1.165) is 70.6 Å². The van der Waals surface area contributed by atoms with Gasteiger partial charge < -0.3 is 14.2 Å². The molecular formula is C58H108O6. The Morgan fingerprint density at radius 3 is 0.797 bits per heavy atom. The SMILES string of the molecule is CCCCCCCC/C=C\CCCCCC(=O)OCC(COC(=O)CCCCCCCCC/C=C\CCCCCCCCCC)OC(=O)CCCCCCCCCCCCCCCC. The van der Waals surface area contributed by atoms with Crippen molar-refractivity contribution in [2.24, 2.45) is 0 Å². The van der Waals surface area contributed by atoms with Crippen LogP contribution in [0.2, 0.25) is 0 Å². The molecule has 0 fully saturated rings. The highest BCUT2D eigenvalue weighted by Gasteiger charge is 2.19. The molecule has 0 bridgehead atoms. The molecule has 0 saturated carbocycles. The van der Waals surface area contributed by atoms with E-state index in [1.165, 1.54) is 199 Å². The van der Waals surface area contributed by atoms with E-state index in [-0.39, 0.29) is 31.1 Å². The van der Waals surface area contributed by atoms with Crippen LogP contribution in [-0.2, 0) is 28.6 Å². The highest BCUT2D eigenvalue weighted by molar-refractivity contribution is 5.71. The van der Waals surface area contributed by atoms with E-state index >= 15 is 0 Å². The summed E-state index contributed by atoms with van der Waals surface area (Å²) in [6, 6.07) is 0. The van der Waals surface area contributed by atoms with Crippen LogP contribution in [0, 0.1) is 0 Å². The Balaban J connectivity index is 4.32. The first-order valence-corrected chi connectivity index (χ1v) is 28.3. The summed E-state index contributed by atoms with van der Waals surface area (Å²) in [6.45, 7) is 6.65. The van der Waals surface area contributed by atoms with Gasteiger partial charge in [0.2, 0.25) is 0 Å². The van der Waals surface area contributed by atoms with E-state index < -0.39 is 6.10 Å². The van der Waals surface area contributed by atoms with Crippen LogP contribution in [0.25, 0.3) is 0 Å². The summed E-state index contributed by atoms with van der Waals surface area (Å²) in [6.07, 6.45) is 61.7. The second kappa shape index (κ2) is 53.5. The van der Waals surface area contributed by atoms with Gasteiger partial charge in [0.05, 0.1) is 0 Å². The topological polar surface area (TPSA) is 78.9 Å². The van der Waals surface area contributed by atoms with E-state index in [1.807, 2.05) is 0 Å². The number of unbranched alkanes of at least 4 members (excludes halogenated alkanes) is 37. The zero-order chi connectivity index (χ0) is 46.5. The van der Waals surface area contributed by atoms with Crippen LogP contribution in [0.3, 0.4) is 0 Å². The minimum absolute atomic E-state index is 0.0742. The molecule has 0 saturated heterocycles. The van der Waals surface area contributed by atoms with Crippen molar-refractivity contribution in [3.05, 3.63) is 24.3 Å². The monoisotopic (exact) mass is 901 g/mol. The number of rotatable bonds is 52. The predicted octanol–water partition coefficient (Wildman–Crippen LogP) is 18.7. The maximum absolute atomic E-state index is 12.8. The van der Waals surface area contributed by atoms with Crippen LogP contribution in [0.15, 0.2) is 24.3 Å². The Kier molecular flexibility index (Phi) is 51.7. The van der Waals surface area contributed by atoms with Gasteiger partial charge in [0.1, 0.15) is 13.2 Å². The fraction of sp³-hybridized carbons (Fsp3) is 0.879. The Morgan fingerprint density at radius 1 is 0.297 bits per heavy atom. The quantitative estimate of drug-likeness (QED) is 0.0262. The zero-order valence-corrected chi connectivity index (χ0v) is 43.1. The number of hydrogen-bond donors (Lipinski definition) is 0. The summed E-state index contributed by atoms with van der Waals surface area (Å²) in [5, 5.41) is 0. The van der Waals surface area contributed by atoms with E-state index in [2.05, 4.69) is 45.1 Å². The molecule has 0 spiro atoms. The van der Waals surface area contributed by atoms with Gasteiger partial charge in [0.25, 0.3) is 0 Å². The molecule has 0 rings (SSSR count). The lowest BCUT2D eigenvalue weighted by molar-refractivity contribution is -0.167. The van der Waals surface area contributed by atoms with E-state index in [9.17, 15) is 14.4 Å². The van der Waals surface area contributed by atoms with Crippen molar-refractivity contribution >= 4 is 17.9 Å². The van der Waals surface area contributed by atoms with Crippen LogP contribution in [0.1, 0.15) is 310 Å². The maximum Gasteiger partial charge on any atom is 0.306 e. The number of ether oxygens (including phenoxy) is 3. The molecule has 0 N–H and O–H groups in total. The molecule has 0 heterocycles. The number of carbonyl (C=O) groups excluding carboxylic acids is 3. The van der Waals surface area contributed by atoms with Crippen LogP contribution in [0.5, 0.6) is 0 Å². The Labute approximate surface area is 398 Å². The van der Waals surface area contributed by atoms with Gasteiger partial charge in [-0.05, 0) is 70.6 Å². The second-order valence-electron chi connectivity index (χ2n) is 19.2. The molecule has 64 heavy (non-hydrogen) atoms. The van der Waals surface area contributed by atoms with Crippen molar-refractivity contribution in [1.29, 1.82) is 0 Å². The summed E-state index contributed by atoms with van der Waals surface area (Å²) in [5.41, 5.74) is 0. The second-order valence-corrected chi connectivity index (χ2v) is 19.2. The number of hydrogen-bond acceptors (Lipinski definition) is 6. The minimum Gasteiger partial charge on any atom is -0.462 e. The van der Waals surface area contributed by atoms with Gasteiger partial charge in [0.15, 0.2) is 6.10 Å². The summed E-state index contributed by atoms with van der Waals surface area (Å²) >= 11 is 0. The molecule has 0 radical (unpaired) electrons. The van der Waals surface area contributed by atoms with Crippen molar-refractivity contribution in [2.75, 3.05) is 13.2 Å². The third-order valence-electron chi connectivity index (χ3n) is 12.7. The van der Waals surface area contributed by atoms with Crippen LogP contribution >= 0.6 is 0 Å². The lowest BCUT2D eigenvalue weighted by atomic mass is 10.0. The largest absolute Gasteiger partial charge is 0.462 e. The first-order valence-electron chi connectivity index (χ1n) is 28.3. The Hall–Kier alpha value is -2.11. The standard InChI is InChI=1S/C58H108O6/c1-4-7-10-13-16-19-22-25-27-28-29-30-31-34-36-39-42-45-48-51-57(60)63-54-55(53-62-56(59)50-47-44-41-38-35-32-24-21-18-15-12-9-6-3)64-58(61)52-49-46-43-40-37-33-26-23-20-17-14-11-8-5-2/h28-29,32,35,55H,4-27,30-31,33-34,36-54H2,1-3H3/b29-28-,35-32-. The van der Waals surface area contributed by atoms with Crippen molar-refractivity contribution in [2.45, 2.75) is 316 Å². The number of esters is 3.